The highest BCUT2D eigenvalue weighted by Crippen LogP contribution is 2.36. The van der Waals surface area contributed by atoms with Gasteiger partial charge in [-0.3, -0.25) is 5.43 Å². The first-order valence-electron chi connectivity index (χ1n) is 7.14. The molecule has 0 aromatic heterocycles. The fourth-order valence-electron chi connectivity index (χ4n) is 1.88. The maximum Gasteiger partial charge on any atom is 0.181 e. The number of hydrogen-bond acceptors (Lipinski definition) is 5. The summed E-state index contributed by atoms with van der Waals surface area (Å²) < 4.78 is 11.9. The van der Waals surface area contributed by atoms with E-state index in [4.69, 9.17) is 26.3 Å². The first kappa shape index (κ1) is 18.1. The van der Waals surface area contributed by atoms with Crippen LogP contribution in [0.4, 0.5) is 5.69 Å². The molecule has 0 bridgehead atoms. The monoisotopic (exact) mass is 407 g/mol. The summed E-state index contributed by atoms with van der Waals surface area (Å²) in [6, 6.07) is 13.0. The quantitative estimate of drug-likeness (QED) is 0.525. The van der Waals surface area contributed by atoms with Gasteiger partial charge in [0.2, 0.25) is 0 Å². The maximum atomic E-state index is 8.64. The molecule has 0 atom stereocenters. The molecule has 0 amide bonds. The summed E-state index contributed by atoms with van der Waals surface area (Å²) in [6.45, 7) is 2.22. The third-order valence-electron chi connectivity index (χ3n) is 2.86. The summed E-state index contributed by atoms with van der Waals surface area (Å²) in [5, 5.41) is 13.2. The first-order valence-corrected chi connectivity index (χ1v) is 8.32. The largest absolute Gasteiger partial charge is 0.490 e. The standard InChI is InChI=1S/C17H15BrClN3O2/c1-2-23-16-10-12(9-15(19)17(16)24-8-7-20)11-21-22-14-5-3-13(18)4-6-14/h3-6,9-11,22H,2,8H2,1H3/b21-11-. The number of nitrogens with one attached hydrogen (secondary N) is 1. The molecule has 2 aromatic rings. The lowest BCUT2D eigenvalue weighted by Crippen LogP contribution is -2.01. The highest BCUT2D eigenvalue weighted by Gasteiger charge is 2.12. The van der Waals surface area contributed by atoms with E-state index in [9.17, 15) is 0 Å². The van der Waals surface area contributed by atoms with Crippen molar-refractivity contribution in [2.75, 3.05) is 18.6 Å². The van der Waals surface area contributed by atoms with Crippen LogP contribution >= 0.6 is 27.5 Å². The smallest absolute Gasteiger partial charge is 0.181 e. The molecule has 0 radical (unpaired) electrons. The Kier molecular flexibility index (Phi) is 6.91. The van der Waals surface area contributed by atoms with E-state index in [-0.39, 0.29) is 6.61 Å². The van der Waals surface area contributed by atoms with Gasteiger partial charge < -0.3 is 9.47 Å². The van der Waals surface area contributed by atoms with Crippen LogP contribution in [0.3, 0.4) is 0 Å². The Morgan fingerprint density at radius 3 is 2.71 bits per heavy atom. The van der Waals surface area contributed by atoms with Crippen LogP contribution in [0.2, 0.25) is 5.02 Å². The zero-order valence-electron chi connectivity index (χ0n) is 12.9. The van der Waals surface area contributed by atoms with E-state index in [2.05, 4.69) is 26.5 Å². The van der Waals surface area contributed by atoms with E-state index < -0.39 is 0 Å². The van der Waals surface area contributed by atoms with E-state index in [1.54, 1.807) is 18.3 Å². The summed E-state index contributed by atoms with van der Waals surface area (Å²) in [5.74, 6) is 0.837. The van der Waals surface area contributed by atoms with Crippen molar-refractivity contribution in [3.05, 3.63) is 51.5 Å². The number of hydrogen-bond donors (Lipinski definition) is 1. The van der Waals surface area contributed by atoms with Gasteiger partial charge in [-0.1, -0.05) is 27.5 Å². The average Bonchev–Trinajstić information content (AvgIpc) is 2.56. The minimum Gasteiger partial charge on any atom is -0.490 e. The zero-order chi connectivity index (χ0) is 17.4. The second kappa shape index (κ2) is 9.16. The fraction of sp³-hybridized carbons (Fsp3) is 0.176. The van der Waals surface area contributed by atoms with E-state index in [0.717, 1.165) is 15.7 Å². The number of nitrogens with zero attached hydrogens (tertiary/aromatic N) is 2. The number of benzene rings is 2. The Balaban J connectivity index is 2.16. The minimum atomic E-state index is -0.0989. The molecule has 7 heteroatoms. The Bertz CT molecular complexity index is 758. The lowest BCUT2D eigenvalue weighted by molar-refractivity contribution is 0.299. The predicted octanol–water partition coefficient (Wildman–Crippen LogP) is 4.85. The Morgan fingerprint density at radius 1 is 1.29 bits per heavy atom. The summed E-state index contributed by atoms with van der Waals surface area (Å²) in [6.07, 6.45) is 1.63. The summed E-state index contributed by atoms with van der Waals surface area (Å²) in [5.41, 5.74) is 4.54. The van der Waals surface area contributed by atoms with Gasteiger partial charge >= 0.3 is 0 Å². The third kappa shape index (κ3) is 5.15. The highest BCUT2D eigenvalue weighted by molar-refractivity contribution is 9.10. The molecule has 5 nitrogen and oxygen atoms in total. The van der Waals surface area contributed by atoms with Crippen molar-refractivity contribution < 1.29 is 9.47 Å². The molecule has 0 saturated carbocycles. The van der Waals surface area contributed by atoms with E-state index in [1.165, 1.54) is 0 Å². The van der Waals surface area contributed by atoms with Gasteiger partial charge in [0.1, 0.15) is 6.07 Å². The van der Waals surface area contributed by atoms with Crippen molar-refractivity contribution >= 4 is 39.4 Å². The van der Waals surface area contributed by atoms with Crippen LogP contribution in [-0.2, 0) is 0 Å². The SMILES string of the molecule is CCOc1cc(/C=N\Nc2ccc(Br)cc2)cc(Cl)c1OCC#N. The van der Waals surface area contributed by atoms with Gasteiger partial charge in [0, 0.05) is 4.47 Å². The van der Waals surface area contributed by atoms with Crippen LogP contribution in [0.25, 0.3) is 0 Å². The van der Waals surface area contributed by atoms with Crippen LogP contribution in [0.5, 0.6) is 11.5 Å². The molecule has 2 rings (SSSR count). The topological polar surface area (TPSA) is 66.6 Å². The molecular formula is C17H15BrClN3O2. The molecule has 0 fully saturated rings. The molecule has 0 aliphatic heterocycles. The molecule has 2 aromatic carbocycles. The van der Waals surface area contributed by atoms with E-state index >= 15 is 0 Å². The van der Waals surface area contributed by atoms with Crippen molar-refractivity contribution in [3.8, 4) is 17.6 Å². The molecule has 0 aliphatic rings. The molecule has 1 N–H and O–H groups in total. The molecule has 0 spiro atoms. The van der Waals surface area contributed by atoms with Gasteiger partial charge in [0.15, 0.2) is 18.1 Å². The van der Waals surface area contributed by atoms with Crippen molar-refractivity contribution in [2.45, 2.75) is 6.92 Å². The van der Waals surface area contributed by atoms with Crippen molar-refractivity contribution in [2.24, 2.45) is 5.10 Å². The Labute approximate surface area is 154 Å². The molecule has 24 heavy (non-hydrogen) atoms. The minimum absolute atomic E-state index is 0.0989. The van der Waals surface area contributed by atoms with Crippen molar-refractivity contribution in [1.29, 1.82) is 5.26 Å². The molecular weight excluding hydrogens is 394 g/mol. The molecule has 0 unspecified atom stereocenters. The summed E-state index contributed by atoms with van der Waals surface area (Å²) >= 11 is 9.60. The number of ether oxygens (including phenoxy) is 2. The predicted molar refractivity (Wildman–Crippen MR) is 99.1 cm³/mol. The molecule has 0 saturated heterocycles. The second-order valence-electron chi connectivity index (χ2n) is 4.59. The van der Waals surface area contributed by atoms with Gasteiger partial charge in [0.05, 0.1) is 23.5 Å². The number of rotatable bonds is 7. The van der Waals surface area contributed by atoms with Crippen LogP contribution in [0, 0.1) is 11.3 Å². The van der Waals surface area contributed by atoms with E-state index in [1.807, 2.05) is 37.3 Å². The van der Waals surface area contributed by atoms with Crippen molar-refractivity contribution in [3.63, 3.8) is 0 Å². The average molecular weight is 409 g/mol. The number of anilines is 1. The van der Waals surface area contributed by atoms with Crippen LogP contribution < -0.4 is 14.9 Å². The zero-order valence-corrected chi connectivity index (χ0v) is 15.3. The lowest BCUT2D eigenvalue weighted by atomic mass is 10.2. The van der Waals surface area contributed by atoms with Gasteiger partial charge in [-0.05, 0) is 48.9 Å². The maximum absolute atomic E-state index is 8.64. The second-order valence-corrected chi connectivity index (χ2v) is 5.91. The first-order chi connectivity index (χ1) is 11.6. The lowest BCUT2D eigenvalue weighted by Gasteiger charge is -2.12. The molecule has 0 aliphatic carbocycles. The normalized spacial score (nSPS) is 10.4. The summed E-state index contributed by atoms with van der Waals surface area (Å²) in [4.78, 5) is 0. The summed E-state index contributed by atoms with van der Waals surface area (Å²) in [7, 11) is 0. The highest BCUT2D eigenvalue weighted by atomic mass is 79.9. The van der Waals surface area contributed by atoms with E-state index in [0.29, 0.717) is 23.1 Å². The Morgan fingerprint density at radius 2 is 2.04 bits per heavy atom. The third-order valence-corrected chi connectivity index (χ3v) is 3.67. The number of halogens is 2. The van der Waals surface area contributed by atoms with Crippen LogP contribution in [0.15, 0.2) is 46.0 Å². The van der Waals surface area contributed by atoms with Crippen molar-refractivity contribution in [1.82, 2.24) is 0 Å². The fourth-order valence-corrected chi connectivity index (χ4v) is 2.41. The molecule has 124 valence electrons. The van der Waals surface area contributed by atoms with Gasteiger partial charge in [-0.2, -0.15) is 10.4 Å². The number of nitriles is 1. The van der Waals surface area contributed by atoms with Gasteiger partial charge in [0.25, 0.3) is 0 Å². The van der Waals surface area contributed by atoms with Gasteiger partial charge in [-0.15, -0.1) is 0 Å². The van der Waals surface area contributed by atoms with Crippen LogP contribution in [-0.4, -0.2) is 19.4 Å². The number of hydrazone groups is 1. The Hall–Kier alpha value is -2.23. The molecule has 0 heterocycles. The van der Waals surface area contributed by atoms with Gasteiger partial charge in [-0.25, -0.2) is 0 Å². The van der Waals surface area contributed by atoms with Crippen LogP contribution in [0.1, 0.15) is 12.5 Å².